The van der Waals surface area contributed by atoms with Crippen molar-refractivity contribution in [1.29, 1.82) is 0 Å². The van der Waals surface area contributed by atoms with Crippen molar-refractivity contribution in [3.05, 3.63) is 39.3 Å². The maximum atomic E-state index is 12.1. The number of aryl methyl sites for hydroxylation is 1. The Labute approximate surface area is 148 Å². The zero-order valence-electron chi connectivity index (χ0n) is 14.2. The summed E-state index contributed by atoms with van der Waals surface area (Å²) >= 11 is 1.28. The quantitative estimate of drug-likeness (QED) is 0.727. The third-order valence-electron chi connectivity index (χ3n) is 3.78. The fraction of sp³-hybridized carbons (Fsp3) is 0.375. The highest BCUT2D eigenvalue weighted by atomic mass is 32.1. The molecule has 2 heterocycles. The van der Waals surface area contributed by atoms with Gasteiger partial charge in [0.15, 0.2) is 5.58 Å². The predicted octanol–water partition coefficient (Wildman–Crippen LogP) is 2.91. The molecule has 0 saturated heterocycles. The van der Waals surface area contributed by atoms with Crippen molar-refractivity contribution >= 4 is 34.4 Å². The van der Waals surface area contributed by atoms with Crippen molar-refractivity contribution in [2.45, 2.75) is 39.8 Å². The molecular formula is C16H19N5O3S. The Morgan fingerprint density at radius 3 is 2.92 bits per heavy atom. The molecule has 2 amide bonds. The Balaban J connectivity index is 1.67. The summed E-state index contributed by atoms with van der Waals surface area (Å²) in [5.74, 6) is -0.149. The lowest BCUT2D eigenvalue weighted by molar-refractivity contribution is 0.252. The number of anilines is 1. The average molecular weight is 361 g/mol. The van der Waals surface area contributed by atoms with Crippen LogP contribution in [0.5, 0.6) is 0 Å². The number of nitrogens with zero attached hydrogens (tertiary/aromatic N) is 3. The van der Waals surface area contributed by atoms with Crippen LogP contribution in [0.15, 0.2) is 27.4 Å². The summed E-state index contributed by atoms with van der Waals surface area (Å²) in [7, 11) is 0. The number of amides is 2. The van der Waals surface area contributed by atoms with Crippen LogP contribution < -0.4 is 16.4 Å². The van der Waals surface area contributed by atoms with Gasteiger partial charge in [0.25, 0.3) is 0 Å². The molecule has 132 valence electrons. The van der Waals surface area contributed by atoms with Crippen LogP contribution >= 0.6 is 11.5 Å². The second kappa shape index (κ2) is 7.06. The second-order valence-electron chi connectivity index (χ2n) is 5.84. The van der Waals surface area contributed by atoms with Gasteiger partial charge < -0.3 is 15.1 Å². The molecule has 0 saturated carbocycles. The van der Waals surface area contributed by atoms with Crippen molar-refractivity contribution in [3.8, 4) is 0 Å². The molecule has 8 nitrogen and oxygen atoms in total. The van der Waals surface area contributed by atoms with Crippen molar-refractivity contribution < 1.29 is 9.21 Å². The molecule has 2 N–H and O–H groups in total. The molecule has 0 aliphatic carbocycles. The zero-order valence-corrected chi connectivity index (χ0v) is 15.0. The number of benzene rings is 1. The molecule has 0 radical (unpaired) electrons. The van der Waals surface area contributed by atoms with E-state index in [1.807, 2.05) is 20.8 Å². The molecule has 2 aromatic heterocycles. The molecule has 1 aromatic carbocycles. The number of nitrogens with one attached hydrogen (secondary N) is 2. The number of oxazole rings is 1. The van der Waals surface area contributed by atoms with E-state index in [2.05, 4.69) is 20.2 Å². The maximum Gasteiger partial charge on any atom is 0.419 e. The monoisotopic (exact) mass is 361 g/mol. The predicted molar refractivity (Wildman–Crippen MR) is 96.0 cm³/mol. The molecule has 3 aromatic rings. The topological polar surface area (TPSA) is 102 Å². The van der Waals surface area contributed by atoms with Crippen LogP contribution in [0.25, 0.3) is 11.1 Å². The second-order valence-corrected chi connectivity index (χ2v) is 6.68. The van der Waals surface area contributed by atoms with Crippen LogP contribution in [0, 0.1) is 0 Å². The number of hydrogen-bond acceptors (Lipinski definition) is 6. The first kappa shape index (κ1) is 17.2. The third kappa shape index (κ3) is 3.55. The molecule has 9 heteroatoms. The van der Waals surface area contributed by atoms with Crippen molar-refractivity contribution in [2.24, 2.45) is 0 Å². The van der Waals surface area contributed by atoms with E-state index in [-0.39, 0.29) is 11.9 Å². The highest BCUT2D eigenvalue weighted by Crippen LogP contribution is 2.20. The number of carbonyl (C=O) groups excluding carboxylic acids is 1. The normalized spacial score (nSPS) is 11.2. The van der Waals surface area contributed by atoms with Gasteiger partial charge in [-0.05, 0) is 36.5 Å². The van der Waals surface area contributed by atoms with Crippen molar-refractivity contribution in [3.63, 3.8) is 0 Å². The van der Waals surface area contributed by atoms with Crippen molar-refractivity contribution in [1.82, 2.24) is 19.5 Å². The number of rotatable bonds is 5. The molecule has 0 bridgehead atoms. The summed E-state index contributed by atoms with van der Waals surface area (Å²) in [6.45, 7) is 6.83. The fourth-order valence-electron chi connectivity index (χ4n) is 2.56. The van der Waals surface area contributed by atoms with Gasteiger partial charge in [0.05, 0.1) is 22.6 Å². The Hall–Kier alpha value is -2.68. The molecule has 0 aliphatic rings. The minimum absolute atomic E-state index is 0.256. The highest BCUT2D eigenvalue weighted by Gasteiger charge is 2.13. The first-order chi connectivity index (χ1) is 12.0. The average Bonchev–Trinajstić information content (AvgIpc) is 3.15. The van der Waals surface area contributed by atoms with Gasteiger partial charge in [-0.3, -0.25) is 4.57 Å². The van der Waals surface area contributed by atoms with Gasteiger partial charge in [0, 0.05) is 18.3 Å². The molecule has 0 fully saturated rings. The van der Waals surface area contributed by atoms with Crippen LogP contribution in [0.3, 0.4) is 0 Å². The smallest absolute Gasteiger partial charge is 0.408 e. The third-order valence-corrected chi connectivity index (χ3v) is 4.52. The molecule has 0 aliphatic heterocycles. The van der Waals surface area contributed by atoms with Gasteiger partial charge in [-0.15, -0.1) is 5.10 Å². The van der Waals surface area contributed by atoms with Gasteiger partial charge in [-0.1, -0.05) is 18.3 Å². The fourth-order valence-corrected chi connectivity index (χ4v) is 3.29. The number of hydrogen-bond donors (Lipinski definition) is 2. The van der Waals surface area contributed by atoms with Gasteiger partial charge in [-0.2, -0.15) is 0 Å². The Morgan fingerprint density at radius 2 is 2.20 bits per heavy atom. The molecular weight excluding hydrogens is 342 g/mol. The number of fused-ring (bicyclic) bond motifs is 1. The van der Waals surface area contributed by atoms with E-state index in [1.165, 1.54) is 16.1 Å². The highest BCUT2D eigenvalue weighted by molar-refractivity contribution is 7.05. The molecule has 25 heavy (non-hydrogen) atoms. The zero-order chi connectivity index (χ0) is 18.0. The SMILES string of the molecule is CCn1c(=O)oc2cc(NC(=O)NCc3snnc3C(C)C)ccc21. The Kier molecular flexibility index (Phi) is 4.84. The summed E-state index contributed by atoms with van der Waals surface area (Å²) in [5, 5.41) is 9.60. The number of carbonyl (C=O) groups is 1. The first-order valence-corrected chi connectivity index (χ1v) is 8.76. The lowest BCUT2D eigenvalue weighted by Crippen LogP contribution is -2.28. The van der Waals surface area contributed by atoms with E-state index < -0.39 is 5.76 Å². The summed E-state index contributed by atoms with van der Waals surface area (Å²) in [4.78, 5) is 24.7. The summed E-state index contributed by atoms with van der Waals surface area (Å²) < 4.78 is 10.7. The van der Waals surface area contributed by atoms with Crippen LogP contribution in [-0.2, 0) is 13.1 Å². The molecule has 3 rings (SSSR count). The van der Waals surface area contributed by atoms with Gasteiger partial charge in [-0.25, -0.2) is 9.59 Å². The Bertz CT molecular complexity index is 956. The first-order valence-electron chi connectivity index (χ1n) is 7.99. The largest absolute Gasteiger partial charge is 0.419 e. The van der Waals surface area contributed by atoms with E-state index in [4.69, 9.17) is 4.42 Å². The van der Waals surface area contributed by atoms with E-state index >= 15 is 0 Å². The Morgan fingerprint density at radius 1 is 1.40 bits per heavy atom. The summed E-state index contributed by atoms with van der Waals surface area (Å²) in [6, 6.07) is 4.77. The van der Waals surface area contributed by atoms with Gasteiger partial charge >= 0.3 is 11.8 Å². The van der Waals surface area contributed by atoms with Crippen molar-refractivity contribution in [2.75, 3.05) is 5.32 Å². The minimum atomic E-state index is -0.405. The van der Waals surface area contributed by atoms with E-state index in [1.54, 1.807) is 18.2 Å². The standard InChI is InChI=1S/C16H19N5O3S/c1-4-21-11-6-5-10(7-12(11)24-16(21)23)18-15(22)17-8-13-14(9(2)3)19-20-25-13/h5-7,9H,4,8H2,1-3H3,(H2,17,18,22). The van der Waals surface area contributed by atoms with Crippen LogP contribution in [0.1, 0.15) is 37.3 Å². The lowest BCUT2D eigenvalue weighted by atomic mass is 10.1. The number of aromatic nitrogens is 3. The van der Waals surface area contributed by atoms with E-state index in [9.17, 15) is 9.59 Å². The van der Waals surface area contributed by atoms with E-state index in [0.717, 1.165) is 10.6 Å². The molecule has 0 spiro atoms. The van der Waals surface area contributed by atoms with Crippen LogP contribution in [0.2, 0.25) is 0 Å². The molecule has 0 atom stereocenters. The summed E-state index contributed by atoms with van der Waals surface area (Å²) in [5.41, 5.74) is 2.59. The van der Waals surface area contributed by atoms with E-state index in [0.29, 0.717) is 29.9 Å². The molecule has 0 unspecified atom stereocenters. The minimum Gasteiger partial charge on any atom is -0.408 e. The van der Waals surface area contributed by atoms with Crippen LogP contribution in [0.4, 0.5) is 10.5 Å². The maximum absolute atomic E-state index is 12.1. The van der Waals surface area contributed by atoms with Gasteiger partial charge in [0.1, 0.15) is 0 Å². The number of urea groups is 1. The lowest BCUT2D eigenvalue weighted by Gasteiger charge is -2.08. The van der Waals surface area contributed by atoms with Gasteiger partial charge in [0.2, 0.25) is 0 Å². The van der Waals surface area contributed by atoms with Crippen LogP contribution in [-0.4, -0.2) is 20.2 Å². The summed E-state index contributed by atoms with van der Waals surface area (Å²) in [6.07, 6.45) is 0.